The maximum absolute atomic E-state index is 12.0. The molecule has 11 heteroatoms. The van der Waals surface area contributed by atoms with Crippen LogP contribution in [0.5, 0.6) is 5.75 Å². The number of carbonyl (C=O) groups excluding carboxylic acids is 2. The standard InChI is InChI=1S/C18H22N4O6S/c1-2-28-18(25)5-3-4-8-21-11-14(10-19-21)13-6-7-16(23)15(9-13)22-12-17(24)20-29(22,26)27/h6-7,9-11,23H,2-5,8,12H2,1H3,(H,20,24). The smallest absolute Gasteiger partial charge is 0.326 e. The SMILES string of the molecule is CCOC(=O)CCCCn1cc(-c2ccc(O)c(N3CC(=O)NS3(=O)=O)c2)cn1. The fraction of sp³-hybridized carbons (Fsp3) is 0.389. The van der Waals surface area contributed by atoms with E-state index in [0.29, 0.717) is 31.6 Å². The van der Waals surface area contributed by atoms with Crippen LogP contribution in [0.15, 0.2) is 30.6 Å². The van der Waals surface area contributed by atoms with Gasteiger partial charge >= 0.3 is 16.2 Å². The lowest BCUT2D eigenvalue weighted by Gasteiger charge is -2.16. The zero-order valence-electron chi connectivity index (χ0n) is 15.9. The molecule has 1 fully saturated rings. The molecular weight excluding hydrogens is 400 g/mol. The first-order valence-corrected chi connectivity index (χ1v) is 10.6. The lowest BCUT2D eigenvalue weighted by atomic mass is 10.1. The predicted molar refractivity (Wildman–Crippen MR) is 104 cm³/mol. The van der Waals surface area contributed by atoms with Gasteiger partial charge < -0.3 is 9.84 Å². The number of hydrogen-bond donors (Lipinski definition) is 2. The largest absolute Gasteiger partial charge is 0.506 e. The third-order valence-electron chi connectivity index (χ3n) is 4.35. The van der Waals surface area contributed by atoms with E-state index in [4.69, 9.17) is 4.74 Å². The first-order valence-electron chi connectivity index (χ1n) is 9.15. The molecule has 0 saturated carbocycles. The molecule has 29 heavy (non-hydrogen) atoms. The van der Waals surface area contributed by atoms with Crippen molar-refractivity contribution in [3.05, 3.63) is 30.6 Å². The Kier molecular flexibility index (Phi) is 6.06. The number of aryl methyl sites for hydroxylation is 1. The van der Waals surface area contributed by atoms with Gasteiger partial charge in [0.2, 0.25) is 0 Å². The first kappa shape index (κ1) is 20.6. The number of aromatic nitrogens is 2. The average molecular weight is 422 g/mol. The Hall–Kier alpha value is -3.08. The van der Waals surface area contributed by atoms with E-state index in [1.54, 1.807) is 30.1 Å². The molecule has 156 valence electrons. The number of carbonyl (C=O) groups is 2. The van der Waals surface area contributed by atoms with Gasteiger partial charge in [-0.15, -0.1) is 0 Å². The number of hydrogen-bond acceptors (Lipinski definition) is 7. The molecule has 1 aliphatic heterocycles. The molecular formula is C18H22N4O6S. The summed E-state index contributed by atoms with van der Waals surface area (Å²) in [5.41, 5.74) is 1.39. The van der Waals surface area contributed by atoms with Crippen LogP contribution in [0, 0.1) is 0 Å². The van der Waals surface area contributed by atoms with E-state index in [2.05, 4.69) is 5.10 Å². The van der Waals surface area contributed by atoms with Crippen molar-refractivity contribution >= 4 is 27.8 Å². The van der Waals surface area contributed by atoms with Crippen molar-refractivity contribution in [3.63, 3.8) is 0 Å². The molecule has 0 atom stereocenters. The Morgan fingerprint density at radius 3 is 2.79 bits per heavy atom. The Labute approximate surface area is 168 Å². The molecule has 10 nitrogen and oxygen atoms in total. The number of nitrogens with one attached hydrogen (secondary N) is 1. The highest BCUT2D eigenvalue weighted by atomic mass is 32.2. The second-order valence-corrected chi connectivity index (χ2v) is 8.09. The second kappa shape index (κ2) is 8.52. The molecule has 1 saturated heterocycles. The minimum atomic E-state index is -4.02. The number of nitrogens with zero attached hydrogens (tertiary/aromatic N) is 3. The molecule has 1 aromatic heterocycles. The Morgan fingerprint density at radius 2 is 2.10 bits per heavy atom. The molecule has 0 radical (unpaired) electrons. The van der Waals surface area contributed by atoms with Gasteiger partial charge in [0.05, 0.1) is 18.5 Å². The van der Waals surface area contributed by atoms with Crippen molar-refractivity contribution in [2.75, 3.05) is 17.5 Å². The summed E-state index contributed by atoms with van der Waals surface area (Å²) in [5.74, 6) is -1.12. The molecule has 0 bridgehead atoms. The van der Waals surface area contributed by atoms with Gasteiger partial charge in [-0.1, -0.05) is 6.07 Å². The highest BCUT2D eigenvalue weighted by Gasteiger charge is 2.35. The summed E-state index contributed by atoms with van der Waals surface area (Å²) in [5, 5.41) is 14.4. The van der Waals surface area contributed by atoms with Gasteiger partial charge in [0.15, 0.2) is 0 Å². The van der Waals surface area contributed by atoms with Crippen molar-refractivity contribution < 1.29 is 27.9 Å². The fourth-order valence-corrected chi connectivity index (χ4v) is 4.13. The highest BCUT2D eigenvalue weighted by Crippen LogP contribution is 2.34. The summed E-state index contributed by atoms with van der Waals surface area (Å²) < 4.78 is 33.4. The number of benzene rings is 1. The summed E-state index contributed by atoms with van der Waals surface area (Å²) in [6, 6.07) is 4.51. The molecule has 1 amide bonds. The molecule has 2 N–H and O–H groups in total. The molecule has 2 aromatic rings. The number of amides is 1. The van der Waals surface area contributed by atoms with E-state index in [0.717, 1.165) is 16.3 Å². The van der Waals surface area contributed by atoms with E-state index in [-0.39, 0.29) is 24.0 Å². The minimum Gasteiger partial charge on any atom is -0.506 e. The van der Waals surface area contributed by atoms with Gasteiger partial charge in [0.25, 0.3) is 5.91 Å². The highest BCUT2D eigenvalue weighted by molar-refractivity contribution is 7.92. The van der Waals surface area contributed by atoms with Crippen LogP contribution in [0.2, 0.25) is 0 Å². The van der Waals surface area contributed by atoms with Crippen molar-refractivity contribution in [1.29, 1.82) is 0 Å². The van der Waals surface area contributed by atoms with Crippen molar-refractivity contribution in [2.45, 2.75) is 32.7 Å². The fourth-order valence-electron chi connectivity index (χ4n) is 2.98. The normalized spacial score (nSPS) is 15.3. The number of ether oxygens (including phenoxy) is 1. The number of aromatic hydroxyl groups is 1. The van der Waals surface area contributed by atoms with E-state index >= 15 is 0 Å². The molecule has 0 spiro atoms. The van der Waals surface area contributed by atoms with Crippen LogP contribution in [0.4, 0.5) is 5.69 Å². The first-order chi connectivity index (χ1) is 13.8. The Balaban J connectivity index is 1.69. The zero-order chi connectivity index (χ0) is 21.0. The maximum Gasteiger partial charge on any atom is 0.326 e. The van der Waals surface area contributed by atoms with Gasteiger partial charge in [-0.2, -0.15) is 13.5 Å². The lowest BCUT2D eigenvalue weighted by Crippen LogP contribution is -2.29. The van der Waals surface area contributed by atoms with Crippen LogP contribution in [0.1, 0.15) is 26.2 Å². The molecule has 3 rings (SSSR count). The number of anilines is 1. The topological polar surface area (TPSA) is 131 Å². The Morgan fingerprint density at radius 1 is 1.31 bits per heavy atom. The van der Waals surface area contributed by atoms with E-state index in [9.17, 15) is 23.1 Å². The summed E-state index contributed by atoms with van der Waals surface area (Å²) >= 11 is 0. The van der Waals surface area contributed by atoms with Gasteiger partial charge in [-0.05, 0) is 37.5 Å². The minimum absolute atomic E-state index is 0.0167. The van der Waals surface area contributed by atoms with Crippen LogP contribution in [0.25, 0.3) is 11.1 Å². The van der Waals surface area contributed by atoms with Crippen LogP contribution in [0.3, 0.4) is 0 Å². The van der Waals surface area contributed by atoms with Crippen molar-refractivity contribution in [1.82, 2.24) is 14.5 Å². The van der Waals surface area contributed by atoms with Crippen molar-refractivity contribution in [3.8, 4) is 16.9 Å². The number of esters is 1. The quantitative estimate of drug-likeness (QED) is 0.482. The number of phenolic OH excluding ortho intramolecular Hbond substituents is 1. The maximum atomic E-state index is 12.0. The summed E-state index contributed by atoms with van der Waals surface area (Å²) in [6.45, 7) is 2.37. The van der Waals surface area contributed by atoms with Crippen LogP contribution < -0.4 is 9.03 Å². The van der Waals surface area contributed by atoms with Crippen LogP contribution in [-0.2, 0) is 31.1 Å². The van der Waals surface area contributed by atoms with Gasteiger partial charge in [0, 0.05) is 24.7 Å². The summed E-state index contributed by atoms with van der Waals surface area (Å²) in [6.07, 6.45) is 5.22. The van der Waals surface area contributed by atoms with Crippen LogP contribution in [-0.4, -0.2) is 48.3 Å². The number of phenols is 1. The predicted octanol–water partition coefficient (Wildman–Crippen LogP) is 1.17. The second-order valence-electron chi connectivity index (χ2n) is 6.49. The third-order valence-corrected chi connectivity index (χ3v) is 5.75. The monoisotopic (exact) mass is 422 g/mol. The summed E-state index contributed by atoms with van der Waals surface area (Å²) in [4.78, 5) is 22.8. The number of unbranched alkanes of at least 4 members (excludes halogenated alkanes) is 1. The van der Waals surface area contributed by atoms with E-state index in [1.807, 2.05) is 4.72 Å². The zero-order valence-corrected chi connectivity index (χ0v) is 16.7. The van der Waals surface area contributed by atoms with Gasteiger partial charge in [-0.3, -0.25) is 14.3 Å². The van der Waals surface area contributed by atoms with Crippen molar-refractivity contribution in [2.24, 2.45) is 0 Å². The lowest BCUT2D eigenvalue weighted by molar-refractivity contribution is -0.143. The van der Waals surface area contributed by atoms with E-state index < -0.39 is 16.1 Å². The van der Waals surface area contributed by atoms with E-state index in [1.165, 1.54) is 12.1 Å². The summed E-state index contributed by atoms with van der Waals surface area (Å²) in [7, 11) is -4.02. The Bertz CT molecular complexity index is 1020. The number of rotatable bonds is 8. The molecule has 1 aliphatic rings. The molecule has 2 heterocycles. The molecule has 1 aromatic carbocycles. The third kappa shape index (κ3) is 4.86. The molecule has 0 aliphatic carbocycles. The van der Waals surface area contributed by atoms with Crippen LogP contribution >= 0.6 is 0 Å². The van der Waals surface area contributed by atoms with Gasteiger partial charge in [-0.25, -0.2) is 9.03 Å². The molecule has 0 unspecified atom stereocenters. The average Bonchev–Trinajstić information content (AvgIpc) is 3.23. The van der Waals surface area contributed by atoms with Gasteiger partial charge in [0.1, 0.15) is 12.3 Å².